The minimum absolute atomic E-state index is 0.0222. The predicted octanol–water partition coefficient (Wildman–Crippen LogP) is 0.907. The van der Waals surface area contributed by atoms with Gasteiger partial charge in [-0.25, -0.2) is 4.99 Å². The van der Waals surface area contributed by atoms with Gasteiger partial charge in [0.2, 0.25) is 0 Å². The van der Waals surface area contributed by atoms with E-state index >= 15 is 0 Å². The van der Waals surface area contributed by atoms with Gasteiger partial charge in [0, 0.05) is 0 Å². The second kappa shape index (κ2) is 7.85. The zero-order valence-corrected chi connectivity index (χ0v) is 12.9. The van der Waals surface area contributed by atoms with E-state index in [1.165, 1.54) is 6.08 Å². The first-order chi connectivity index (χ1) is 9.42. The topological polar surface area (TPSA) is 111 Å². The van der Waals surface area contributed by atoms with Crippen LogP contribution in [0.3, 0.4) is 0 Å². The van der Waals surface area contributed by atoms with Crippen molar-refractivity contribution in [3.8, 4) is 5.75 Å². The zero-order valence-electron chi connectivity index (χ0n) is 10.8. The van der Waals surface area contributed by atoms with E-state index < -0.39 is 12.1 Å². The van der Waals surface area contributed by atoms with Gasteiger partial charge in [0.25, 0.3) is 0 Å². The fraction of sp³-hybridized carbons (Fsp3) is 0.231. The first-order valence-electron chi connectivity index (χ1n) is 5.77. The average molecular weight is 389 g/mol. The van der Waals surface area contributed by atoms with Crippen LogP contribution >= 0.6 is 22.6 Å². The van der Waals surface area contributed by atoms with Gasteiger partial charge in [-0.05, 0) is 40.3 Å². The SMILES string of the molecule is C=CC(O)CC(=O)Oc1ccc(CN=C(N)N)cc1I. The van der Waals surface area contributed by atoms with Gasteiger partial charge in [0.05, 0.1) is 22.6 Å². The first kappa shape index (κ1) is 16.4. The third kappa shape index (κ3) is 5.57. The van der Waals surface area contributed by atoms with Crippen molar-refractivity contribution in [2.45, 2.75) is 19.1 Å². The number of hydrogen-bond donors (Lipinski definition) is 3. The highest BCUT2D eigenvalue weighted by molar-refractivity contribution is 14.1. The molecule has 7 heteroatoms. The molecule has 0 bridgehead atoms. The Balaban J connectivity index is 2.71. The summed E-state index contributed by atoms with van der Waals surface area (Å²) in [6.07, 6.45) is 0.251. The lowest BCUT2D eigenvalue weighted by Gasteiger charge is -2.09. The highest BCUT2D eigenvalue weighted by Gasteiger charge is 2.12. The van der Waals surface area contributed by atoms with E-state index in [9.17, 15) is 9.90 Å². The summed E-state index contributed by atoms with van der Waals surface area (Å²) in [5.74, 6) is -0.0680. The lowest BCUT2D eigenvalue weighted by molar-refractivity contribution is -0.135. The van der Waals surface area contributed by atoms with E-state index in [-0.39, 0.29) is 12.4 Å². The number of halogens is 1. The highest BCUT2D eigenvalue weighted by atomic mass is 127. The molecular weight excluding hydrogens is 373 g/mol. The summed E-state index contributed by atoms with van der Waals surface area (Å²) in [5.41, 5.74) is 11.4. The van der Waals surface area contributed by atoms with Crippen LogP contribution in [0.25, 0.3) is 0 Å². The molecule has 1 atom stereocenters. The Morgan fingerprint density at radius 1 is 1.55 bits per heavy atom. The third-order valence-electron chi connectivity index (χ3n) is 2.31. The van der Waals surface area contributed by atoms with E-state index in [1.54, 1.807) is 12.1 Å². The van der Waals surface area contributed by atoms with E-state index in [2.05, 4.69) is 11.6 Å². The second-order valence-corrected chi connectivity index (χ2v) is 5.15. The quantitative estimate of drug-likeness (QED) is 0.167. The fourth-order valence-corrected chi connectivity index (χ4v) is 2.02. The molecule has 6 nitrogen and oxygen atoms in total. The number of esters is 1. The van der Waals surface area contributed by atoms with E-state index in [0.29, 0.717) is 12.3 Å². The number of nitrogens with two attached hydrogens (primary N) is 2. The Bertz CT molecular complexity index is 528. The van der Waals surface area contributed by atoms with Crippen molar-refractivity contribution >= 4 is 34.5 Å². The maximum atomic E-state index is 11.5. The third-order valence-corrected chi connectivity index (χ3v) is 3.16. The molecule has 0 saturated carbocycles. The summed E-state index contributed by atoms with van der Waals surface area (Å²) < 4.78 is 5.92. The van der Waals surface area contributed by atoms with E-state index in [4.69, 9.17) is 16.2 Å². The van der Waals surface area contributed by atoms with Crippen molar-refractivity contribution in [1.82, 2.24) is 0 Å². The number of aliphatic imine (C=N–C) groups is 1. The number of guanidine groups is 1. The van der Waals surface area contributed by atoms with Gasteiger partial charge in [-0.15, -0.1) is 6.58 Å². The van der Waals surface area contributed by atoms with E-state index in [0.717, 1.165) is 9.13 Å². The Kier molecular flexibility index (Phi) is 6.46. The summed E-state index contributed by atoms with van der Waals surface area (Å²) in [6.45, 7) is 3.76. The van der Waals surface area contributed by atoms with Gasteiger partial charge in [0.15, 0.2) is 5.96 Å². The van der Waals surface area contributed by atoms with Crippen molar-refractivity contribution in [2.24, 2.45) is 16.5 Å². The molecule has 5 N–H and O–H groups in total. The number of carbonyl (C=O) groups is 1. The van der Waals surface area contributed by atoms with Crippen LogP contribution in [0.15, 0.2) is 35.8 Å². The predicted molar refractivity (Wildman–Crippen MR) is 85.1 cm³/mol. The summed E-state index contributed by atoms with van der Waals surface area (Å²) in [6, 6.07) is 5.25. The molecule has 1 rings (SSSR count). The van der Waals surface area contributed by atoms with E-state index in [1.807, 2.05) is 28.7 Å². The molecule has 0 amide bonds. The van der Waals surface area contributed by atoms with Crippen LogP contribution in [0, 0.1) is 3.57 Å². The molecule has 0 fully saturated rings. The number of hydrogen-bond acceptors (Lipinski definition) is 4. The molecule has 0 radical (unpaired) electrons. The van der Waals surface area contributed by atoms with Gasteiger partial charge >= 0.3 is 5.97 Å². The number of aliphatic hydroxyl groups excluding tert-OH is 1. The molecule has 1 aromatic carbocycles. The van der Waals surface area contributed by atoms with Gasteiger partial charge in [0.1, 0.15) is 5.75 Å². The molecule has 0 spiro atoms. The summed E-state index contributed by atoms with van der Waals surface area (Å²) >= 11 is 2.05. The lowest BCUT2D eigenvalue weighted by Crippen LogP contribution is -2.22. The van der Waals surface area contributed by atoms with Gasteiger partial charge in [-0.2, -0.15) is 0 Å². The van der Waals surface area contributed by atoms with Crippen LogP contribution in [0.1, 0.15) is 12.0 Å². The second-order valence-electron chi connectivity index (χ2n) is 3.99. The molecule has 0 aliphatic carbocycles. The Labute approximate surface area is 130 Å². The van der Waals surface area contributed by atoms with Crippen LogP contribution < -0.4 is 16.2 Å². The molecule has 0 saturated heterocycles. The number of benzene rings is 1. The molecule has 1 unspecified atom stereocenters. The number of nitrogens with zero attached hydrogens (tertiary/aromatic N) is 1. The molecule has 0 aliphatic heterocycles. The minimum Gasteiger partial charge on any atom is -0.425 e. The van der Waals surface area contributed by atoms with Crippen LogP contribution in [-0.4, -0.2) is 23.1 Å². The summed E-state index contributed by atoms with van der Waals surface area (Å²) in [7, 11) is 0. The molecule has 20 heavy (non-hydrogen) atoms. The van der Waals surface area contributed by atoms with Crippen molar-refractivity contribution in [3.05, 3.63) is 40.0 Å². The van der Waals surface area contributed by atoms with Crippen LogP contribution in [0.4, 0.5) is 0 Å². The van der Waals surface area contributed by atoms with Gasteiger partial charge in [-0.1, -0.05) is 12.1 Å². The maximum absolute atomic E-state index is 11.5. The number of aliphatic hydroxyl groups is 1. The number of rotatable bonds is 6. The lowest BCUT2D eigenvalue weighted by atomic mass is 10.2. The van der Waals surface area contributed by atoms with Crippen LogP contribution in [0.5, 0.6) is 5.75 Å². The van der Waals surface area contributed by atoms with Crippen LogP contribution in [0.2, 0.25) is 0 Å². The monoisotopic (exact) mass is 389 g/mol. The van der Waals surface area contributed by atoms with Crippen molar-refractivity contribution in [1.29, 1.82) is 0 Å². The molecule has 0 heterocycles. The number of carbonyl (C=O) groups excluding carboxylic acids is 1. The van der Waals surface area contributed by atoms with Crippen molar-refractivity contribution in [2.75, 3.05) is 0 Å². The fourth-order valence-electron chi connectivity index (χ4n) is 1.33. The molecule has 0 aliphatic rings. The molecule has 1 aromatic rings. The Morgan fingerprint density at radius 3 is 2.80 bits per heavy atom. The normalized spacial score (nSPS) is 11.5. The zero-order chi connectivity index (χ0) is 15.1. The van der Waals surface area contributed by atoms with Gasteiger partial charge in [-0.3, -0.25) is 4.79 Å². The first-order valence-corrected chi connectivity index (χ1v) is 6.85. The highest BCUT2D eigenvalue weighted by Crippen LogP contribution is 2.23. The standard InChI is InChI=1S/C13H16IN3O3/c1-2-9(18)6-12(19)20-11-4-3-8(5-10(11)14)7-17-13(15)16/h2-5,9,18H,1,6-7H2,(H4,15,16,17). The van der Waals surface area contributed by atoms with Crippen molar-refractivity contribution < 1.29 is 14.6 Å². The number of ether oxygens (including phenoxy) is 1. The molecular formula is C13H16IN3O3. The smallest absolute Gasteiger partial charge is 0.314 e. The maximum Gasteiger partial charge on any atom is 0.314 e. The van der Waals surface area contributed by atoms with Crippen LogP contribution in [-0.2, 0) is 11.3 Å². The summed E-state index contributed by atoms with van der Waals surface area (Å²) in [4.78, 5) is 15.4. The van der Waals surface area contributed by atoms with Gasteiger partial charge < -0.3 is 21.3 Å². The van der Waals surface area contributed by atoms with Crippen molar-refractivity contribution in [3.63, 3.8) is 0 Å². The molecule has 0 aromatic heterocycles. The molecule has 108 valence electrons. The average Bonchev–Trinajstić information content (AvgIpc) is 2.38. The Hall–Kier alpha value is -1.61. The minimum atomic E-state index is -0.902. The summed E-state index contributed by atoms with van der Waals surface area (Å²) in [5, 5.41) is 9.28. The largest absolute Gasteiger partial charge is 0.425 e. The Morgan fingerprint density at radius 2 is 2.25 bits per heavy atom.